The van der Waals surface area contributed by atoms with E-state index < -0.39 is 11.9 Å². The highest BCUT2D eigenvalue weighted by atomic mass is 35.5. The van der Waals surface area contributed by atoms with Gasteiger partial charge in [0.1, 0.15) is 29.3 Å². The molecule has 0 bridgehead atoms. The molecule has 0 saturated carbocycles. The van der Waals surface area contributed by atoms with Crippen LogP contribution < -0.4 is 9.64 Å². The van der Waals surface area contributed by atoms with Crippen LogP contribution in [0.2, 0.25) is 5.15 Å². The van der Waals surface area contributed by atoms with Crippen molar-refractivity contribution in [2.75, 3.05) is 18.1 Å². The number of fused-ring (bicyclic) bond motifs is 2. The number of anilines is 1. The summed E-state index contributed by atoms with van der Waals surface area (Å²) in [5.74, 6) is -0.242. The first-order valence-electron chi connectivity index (χ1n) is 11.4. The minimum atomic E-state index is -4.50. The third-order valence-electron chi connectivity index (χ3n) is 5.08. The van der Waals surface area contributed by atoms with Gasteiger partial charge in [-0.1, -0.05) is 39.3 Å². The molecule has 0 radical (unpaired) electrons. The van der Waals surface area contributed by atoms with Gasteiger partial charge < -0.3 is 14.2 Å². The fraction of sp³-hybridized carbons (Fsp3) is 0.280. The van der Waals surface area contributed by atoms with Crippen LogP contribution in [0, 0.1) is 0 Å². The molecule has 190 valence electrons. The summed E-state index contributed by atoms with van der Waals surface area (Å²) in [6.07, 6.45) is -0.367. The highest BCUT2D eigenvalue weighted by molar-refractivity contribution is 6.33. The second-order valence-electron chi connectivity index (χ2n) is 6.98. The lowest BCUT2D eigenvalue weighted by Crippen LogP contribution is -2.32. The number of nitrogens with zero attached hydrogens (tertiary/aromatic N) is 5. The van der Waals surface area contributed by atoms with Gasteiger partial charge in [0.2, 0.25) is 5.88 Å². The number of carbonyl (C=O) groups is 1. The first-order valence-corrected chi connectivity index (χ1v) is 11.8. The standard InChI is InChI=1S/C21H13ClF3N5O2.2C2H6/c22-18-17-19(28-11-27-18)32-8-7-30(20(17)31)13-1-3-15-12(9-13)5-6-29(15)14-2-4-16(26-10-14)21(23,24)25;2*1-2/h1-6,9-11H,7-8H2;2*1-2H3. The molecular formula is C25H25ClF3N5O2. The highest BCUT2D eigenvalue weighted by Crippen LogP contribution is 2.32. The Hall–Kier alpha value is -3.66. The quantitative estimate of drug-likeness (QED) is 0.280. The van der Waals surface area contributed by atoms with E-state index in [1.807, 2.05) is 33.8 Å². The number of ether oxygens (including phenoxy) is 1. The Balaban J connectivity index is 0.000000861. The van der Waals surface area contributed by atoms with Crippen LogP contribution in [0.1, 0.15) is 43.7 Å². The fourth-order valence-electron chi connectivity index (χ4n) is 3.57. The molecule has 0 atom stereocenters. The van der Waals surface area contributed by atoms with E-state index in [1.165, 1.54) is 23.5 Å². The number of alkyl halides is 3. The zero-order valence-corrected chi connectivity index (χ0v) is 20.9. The number of rotatable bonds is 2. The van der Waals surface area contributed by atoms with Crippen LogP contribution in [0.25, 0.3) is 16.6 Å². The summed E-state index contributed by atoms with van der Waals surface area (Å²) in [5, 5.41) is 0.796. The first kappa shape index (κ1) is 26.9. The van der Waals surface area contributed by atoms with Gasteiger partial charge in [0.05, 0.1) is 23.9 Å². The monoisotopic (exact) mass is 519 g/mol. The van der Waals surface area contributed by atoms with E-state index in [4.69, 9.17) is 16.3 Å². The molecule has 11 heteroatoms. The second kappa shape index (κ2) is 11.4. The van der Waals surface area contributed by atoms with E-state index in [1.54, 1.807) is 29.0 Å². The molecule has 0 aliphatic carbocycles. The topological polar surface area (TPSA) is 73.1 Å². The van der Waals surface area contributed by atoms with Crippen LogP contribution in [0.4, 0.5) is 18.9 Å². The van der Waals surface area contributed by atoms with E-state index in [9.17, 15) is 18.0 Å². The van der Waals surface area contributed by atoms with Gasteiger partial charge in [-0.3, -0.25) is 4.79 Å². The number of hydrogen-bond acceptors (Lipinski definition) is 5. The Morgan fingerprint density at radius 2 is 1.69 bits per heavy atom. The molecular weight excluding hydrogens is 495 g/mol. The molecule has 7 nitrogen and oxygen atoms in total. The lowest BCUT2D eigenvalue weighted by Gasteiger charge is -2.20. The number of aromatic nitrogens is 4. The number of carbonyl (C=O) groups excluding carboxylic acids is 1. The Morgan fingerprint density at radius 1 is 0.972 bits per heavy atom. The van der Waals surface area contributed by atoms with Crippen molar-refractivity contribution in [1.82, 2.24) is 19.5 Å². The van der Waals surface area contributed by atoms with Crippen LogP contribution in [-0.2, 0) is 6.18 Å². The van der Waals surface area contributed by atoms with Crippen molar-refractivity contribution in [2.45, 2.75) is 33.9 Å². The third kappa shape index (κ3) is 5.28. The molecule has 1 aromatic carbocycles. The van der Waals surface area contributed by atoms with E-state index >= 15 is 0 Å². The summed E-state index contributed by atoms with van der Waals surface area (Å²) in [6.45, 7) is 8.50. The lowest BCUT2D eigenvalue weighted by molar-refractivity contribution is -0.141. The van der Waals surface area contributed by atoms with Gasteiger partial charge in [0, 0.05) is 17.3 Å². The maximum atomic E-state index is 13.1. The molecule has 0 spiro atoms. The molecule has 1 aliphatic rings. The molecule has 0 fully saturated rings. The maximum Gasteiger partial charge on any atom is 0.433 e. The van der Waals surface area contributed by atoms with Crippen LogP contribution in [-0.4, -0.2) is 38.6 Å². The Bertz CT molecular complexity index is 1340. The van der Waals surface area contributed by atoms with Gasteiger partial charge >= 0.3 is 6.18 Å². The van der Waals surface area contributed by atoms with Crippen molar-refractivity contribution in [1.29, 1.82) is 0 Å². The molecule has 0 unspecified atom stereocenters. The molecule has 1 aliphatic heterocycles. The second-order valence-corrected chi connectivity index (χ2v) is 7.34. The maximum absolute atomic E-state index is 13.1. The van der Waals surface area contributed by atoms with Gasteiger partial charge in [0.25, 0.3) is 5.91 Å². The highest BCUT2D eigenvalue weighted by Gasteiger charge is 2.32. The van der Waals surface area contributed by atoms with Crippen molar-refractivity contribution < 1.29 is 22.7 Å². The largest absolute Gasteiger partial charge is 0.475 e. The zero-order chi connectivity index (χ0) is 26.5. The van der Waals surface area contributed by atoms with E-state index in [0.717, 1.165) is 17.0 Å². The third-order valence-corrected chi connectivity index (χ3v) is 5.37. The summed E-state index contributed by atoms with van der Waals surface area (Å²) in [6, 6.07) is 9.44. The van der Waals surface area contributed by atoms with Gasteiger partial charge in [-0.05, 0) is 36.4 Å². The Morgan fingerprint density at radius 3 is 2.36 bits per heavy atom. The first-order chi connectivity index (χ1) is 17.3. The predicted molar refractivity (Wildman–Crippen MR) is 133 cm³/mol. The van der Waals surface area contributed by atoms with Gasteiger partial charge in [0.15, 0.2) is 0 Å². The molecule has 36 heavy (non-hydrogen) atoms. The van der Waals surface area contributed by atoms with Crippen molar-refractivity contribution in [3.63, 3.8) is 0 Å². The van der Waals surface area contributed by atoms with Crippen LogP contribution >= 0.6 is 11.6 Å². The Kier molecular flexibility index (Phi) is 8.52. The molecule has 1 amide bonds. The van der Waals surface area contributed by atoms with Crippen molar-refractivity contribution in [3.05, 3.63) is 71.5 Å². The molecule has 0 saturated heterocycles. The molecule has 5 rings (SSSR count). The summed E-state index contributed by atoms with van der Waals surface area (Å²) in [5.41, 5.74) is 0.987. The fourth-order valence-corrected chi connectivity index (χ4v) is 3.78. The van der Waals surface area contributed by atoms with Crippen molar-refractivity contribution >= 4 is 34.1 Å². The number of benzene rings is 1. The minimum Gasteiger partial charge on any atom is -0.475 e. The van der Waals surface area contributed by atoms with Crippen molar-refractivity contribution in [2.24, 2.45) is 0 Å². The van der Waals surface area contributed by atoms with Crippen LogP contribution in [0.3, 0.4) is 0 Å². The van der Waals surface area contributed by atoms with Gasteiger partial charge in [-0.15, -0.1) is 0 Å². The lowest BCUT2D eigenvalue weighted by atomic mass is 10.2. The zero-order valence-electron chi connectivity index (χ0n) is 20.2. The van der Waals surface area contributed by atoms with Crippen LogP contribution in [0.15, 0.2) is 55.1 Å². The predicted octanol–water partition coefficient (Wildman–Crippen LogP) is 6.58. The number of hydrogen-bond donors (Lipinski definition) is 0. The average molecular weight is 520 g/mol. The van der Waals surface area contributed by atoms with Crippen molar-refractivity contribution in [3.8, 4) is 11.6 Å². The molecule has 0 N–H and O–H groups in total. The molecule has 4 heterocycles. The number of amides is 1. The summed E-state index contributed by atoms with van der Waals surface area (Å²) < 4.78 is 45.6. The van der Waals surface area contributed by atoms with Gasteiger partial charge in [-0.2, -0.15) is 13.2 Å². The summed E-state index contributed by atoms with van der Waals surface area (Å²) >= 11 is 6.11. The smallest absolute Gasteiger partial charge is 0.433 e. The average Bonchev–Trinajstić information content (AvgIpc) is 3.23. The van der Waals surface area contributed by atoms with E-state index in [0.29, 0.717) is 11.4 Å². The number of halogens is 4. The minimum absolute atomic E-state index is 0.00827. The van der Waals surface area contributed by atoms with Gasteiger partial charge in [-0.25, -0.2) is 15.0 Å². The van der Waals surface area contributed by atoms with E-state index in [2.05, 4.69) is 15.0 Å². The number of pyridine rings is 1. The summed E-state index contributed by atoms with van der Waals surface area (Å²) in [7, 11) is 0. The molecule has 4 aromatic rings. The normalized spacial score (nSPS) is 13.0. The van der Waals surface area contributed by atoms with E-state index in [-0.39, 0.29) is 35.7 Å². The summed E-state index contributed by atoms with van der Waals surface area (Å²) in [4.78, 5) is 26.0. The SMILES string of the molecule is CC.CC.O=C1c2c(Cl)ncnc2OCCN1c1ccc2c(ccn2-c2ccc(C(F)(F)F)nc2)c1. The Labute approximate surface area is 211 Å². The van der Waals surface area contributed by atoms with Crippen LogP contribution in [0.5, 0.6) is 5.88 Å². The molecule has 3 aromatic heterocycles.